The average Bonchev–Trinajstić information content (AvgIpc) is 2.63. The van der Waals surface area contributed by atoms with Gasteiger partial charge in [-0.3, -0.25) is 19.7 Å². The molecular weight excluding hydrogens is 390 g/mol. The number of amides is 2. The molecule has 0 spiro atoms. The van der Waals surface area contributed by atoms with E-state index >= 15 is 0 Å². The molecule has 0 aliphatic heterocycles. The summed E-state index contributed by atoms with van der Waals surface area (Å²) in [7, 11) is 0. The van der Waals surface area contributed by atoms with Gasteiger partial charge < -0.3 is 15.4 Å². The van der Waals surface area contributed by atoms with E-state index in [0.717, 1.165) is 12.1 Å². The van der Waals surface area contributed by atoms with Crippen LogP contribution in [0.2, 0.25) is 5.02 Å². The van der Waals surface area contributed by atoms with E-state index in [2.05, 4.69) is 10.6 Å². The number of nitro groups is 1. The predicted octanol–water partition coefficient (Wildman–Crippen LogP) is 3.64. The van der Waals surface area contributed by atoms with Crippen LogP contribution in [-0.2, 0) is 9.53 Å². The zero-order valence-corrected chi connectivity index (χ0v) is 15.7. The lowest BCUT2D eigenvalue weighted by molar-refractivity contribution is -0.384. The van der Waals surface area contributed by atoms with Crippen molar-refractivity contribution in [2.24, 2.45) is 0 Å². The molecule has 2 N–H and O–H groups in total. The first-order valence-corrected chi connectivity index (χ1v) is 8.44. The maximum Gasteiger partial charge on any atom is 0.338 e. The van der Waals surface area contributed by atoms with Crippen molar-refractivity contribution in [3.63, 3.8) is 0 Å². The van der Waals surface area contributed by atoms with Crippen LogP contribution in [0.15, 0.2) is 36.4 Å². The van der Waals surface area contributed by atoms with Crippen LogP contribution >= 0.6 is 11.6 Å². The number of rotatable bonds is 6. The van der Waals surface area contributed by atoms with E-state index in [4.69, 9.17) is 16.3 Å². The molecule has 2 aromatic carbocycles. The van der Waals surface area contributed by atoms with Gasteiger partial charge in [0.1, 0.15) is 0 Å². The zero-order valence-electron chi connectivity index (χ0n) is 14.9. The first-order chi connectivity index (χ1) is 13.2. The van der Waals surface area contributed by atoms with Crippen LogP contribution in [-0.4, -0.2) is 29.3 Å². The molecule has 2 aromatic rings. The second-order valence-corrected chi connectivity index (χ2v) is 6.01. The zero-order chi connectivity index (χ0) is 20.8. The minimum absolute atomic E-state index is 0.0750. The van der Waals surface area contributed by atoms with E-state index < -0.39 is 22.5 Å². The molecule has 0 saturated carbocycles. The molecule has 9 nitrogen and oxygen atoms in total. The van der Waals surface area contributed by atoms with Crippen LogP contribution in [0.25, 0.3) is 0 Å². The highest BCUT2D eigenvalue weighted by Gasteiger charge is 2.19. The normalized spacial score (nSPS) is 10.1. The highest BCUT2D eigenvalue weighted by molar-refractivity contribution is 6.31. The smallest absolute Gasteiger partial charge is 0.338 e. The fourth-order valence-electron chi connectivity index (χ4n) is 2.29. The minimum Gasteiger partial charge on any atom is -0.462 e. The van der Waals surface area contributed by atoms with Crippen LogP contribution < -0.4 is 10.6 Å². The largest absolute Gasteiger partial charge is 0.462 e. The third-order valence-corrected chi connectivity index (χ3v) is 3.68. The third-order valence-electron chi connectivity index (χ3n) is 3.44. The van der Waals surface area contributed by atoms with Gasteiger partial charge in [-0.05, 0) is 31.2 Å². The summed E-state index contributed by atoms with van der Waals surface area (Å²) in [5.74, 6) is -1.89. The topological polar surface area (TPSA) is 128 Å². The summed E-state index contributed by atoms with van der Waals surface area (Å²) in [6, 6.07) is 7.67. The number of esters is 1. The van der Waals surface area contributed by atoms with Gasteiger partial charge in [-0.2, -0.15) is 0 Å². The number of hydrogen-bond acceptors (Lipinski definition) is 6. The fraction of sp³-hybridized carbons (Fsp3) is 0.167. The molecule has 0 atom stereocenters. The number of anilines is 2. The van der Waals surface area contributed by atoms with Crippen molar-refractivity contribution >= 4 is 46.4 Å². The summed E-state index contributed by atoms with van der Waals surface area (Å²) in [5, 5.41) is 16.5. The predicted molar refractivity (Wildman–Crippen MR) is 103 cm³/mol. The maximum atomic E-state index is 12.6. The van der Waals surface area contributed by atoms with E-state index in [1.54, 1.807) is 6.92 Å². The van der Waals surface area contributed by atoms with Crippen LogP contribution in [0.5, 0.6) is 0 Å². The summed E-state index contributed by atoms with van der Waals surface area (Å²) in [6.45, 7) is 2.96. The van der Waals surface area contributed by atoms with Crippen molar-refractivity contribution in [3.8, 4) is 0 Å². The Kier molecular flexibility index (Phi) is 6.67. The second kappa shape index (κ2) is 8.96. The Hall–Kier alpha value is -3.46. The molecule has 0 radical (unpaired) electrons. The first-order valence-electron chi connectivity index (χ1n) is 8.06. The number of benzene rings is 2. The molecule has 10 heteroatoms. The number of halogens is 1. The number of carbonyl (C=O) groups is 3. The lowest BCUT2D eigenvalue weighted by Crippen LogP contribution is -2.16. The van der Waals surface area contributed by atoms with E-state index in [1.807, 2.05) is 0 Å². The number of ether oxygens (including phenoxy) is 1. The lowest BCUT2D eigenvalue weighted by atomic mass is 10.1. The number of carbonyl (C=O) groups excluding carboxylic acids is 3. The number of nitrogens with one attached hydrogen (secondary N) is 2. The quantitative estimate of drug-likeness (QED) is 0.429. The van der Waals surface area contributed by atoms with Gasteiger partial charge in [0.25, 0.3) is 11.6 Å². The van der Waals surface area contributed by atoms with Crippen molar-refractivity contribution in [2.45, 2.75) is 13.8 Å². The van der Waals surface area contributed by atoms with Crippen molar-refractivity contribution in [1.29, 1.82) is 0 Å². The Balaban J connectivity index is 2.41. The third kappa shape index (κ3) is 5.27. The van der Waals surface area contributed by atoms with Gasteiger partial charge >= 0.3 is 5.97 Å². The number of nitro benzene ring substituents is 1. The van der Waals surface area contributed by atoms with Crippen molar-refractivity contribution in [1.82, 2.24) is 0 Å². The van der Waals surface area contributed by atoms with Gasteiger partial charge in [0, 0.05) is 29.6 Å². The summed E-state index contributed by atoms with van der Waals surface area (Å²) in [6.07, 6.45) is 0. The Morgan fingerprint density at radius 1 is 1.07 bits per heavy atom. The summed E-state index contributed by atoms with van der Waals surface area (Å²) >= 11 is 5.94. The molecule has 28 heavy (non-hydrogen) atoms. The Morgan fingerprint density at radius 2 is 1.75 bits per heavy atom. The van der Waals surface area contributed by atoms with Gasteiger partial charge in [-0.15, -0.1) is 0 Å². The van der Waals surface area contributed by atoms with Crippen LogP contribution in [0.3, 0.4) is 0 Å². The van der Waals surface area contributed by atoms with Gasteiger partial charge in [-0.1, -0.05) is 11.6 Å². The van der Waals surface area contributed by atoms with E-state index in [0.29, 0.717) is 10.7 Å². The molecule has 2 rings (SSSR count). The molecule has 0 saturated heterocycles. The standard InChI is InChI=1S/C18H16ClN3O6/c1-3-28-18(25)12-6-11(7-14(8-12)22(26)27)17(24)21-16-9-13(19)4-5-15(16)20-10(2)23/h4-9H,3H2,1-2H3,(H,20,23)(H,21,24). The molecule has 0 aliphatic carbocycles. The Bertz CT molecular complexity index is 960. The number of nitrogens with zero attached hydrogens (tertiary/aromatic N) is 1. The van der Waals surface area contributed by atoms with Crippen molar-refractivity contribution < 1.29 is 24.0 Å². The van der Waals surface area contributed by atoms with Crippen molar-refractivity contribution in [3.05, 3.63) is 62.7 Å². The highest BCUT2D eigenvalue weighted by Crippen LogP contribution is 2.27. The molecule has 146 valence electrons. The number of non-ortho nitro benzene ring substituents is 1. The fourth-order valence-corrected chi connectivity index (χ4v) is 2.47. The van der Waals surface area contributed by atoms with Crippen LogP contribution in [0, 0.1) is 10.1 Å². The van der Waals surface area contributed by atoms with E-state index in [9.17, 15) is 24.5 Å². The molecule has 0 aromatic heterocycles. The van der Waals surface area contributed by atoms with Gasteiger partial charge in [-0.25, -0.2) is 4.79 Å². The summed E-state index contributed by atoms with van der Waals surface area (Å²) in [4.78, 5) is 46.3. The SMILES string of the molecule is CCOC(=O)c1cc(C(=O)Nc2cc(Cl)ccc2NC(C)=O)cc([N+](=O)[O-])c1. The molecule has 2 amide bonds. The molecule has 0 bridgehead atoms. The molecule has 0 fully saturated rings. The summed E-state index contributed by atoms with van der Waals surface area (Å²) < 4.78 is 4.84. The van der Waals surface area contributed by atoms with E-state index in [1.165, 1.54) is 31.2 Å². The molecule has 0 unspecified atom stereocenters. The second-order valence-electron chi connectivity index (χ2n) is 5.57. The van der Waals surface area contributed by atoms with Crippen molar-refractivity contribution in [2.75, 3.05) is 17.2 Å². The molecule has 0 aliphatic rings. The van der Waals surface area contributed by atoms with Gasteiger partial charge in [0.15, 0.2) is 0 Å². The molecular formula is C18H16ClN3O6. The Labute approximate surface area is 164 Å². The van der Waals surface area contributed by atoms with Gasteiger partial charge in [0.2, 0.25) is 5.91 Å². The summed E-state index contributed by atoms with van der Waals surface area (Å²) in [5.41, 5.74) is -0.220. The average molecular weight is 406 g/mol. The molecule has 0 heterocycles. The number of hydrogen-bond donors (Lipinski definition) is 2. The monoisotopic (exact) mass is 405 g/mol. The first kappa shape index (κ1) is 20.8. The minimum atomic E-state index is -0.790. The van der Waals surface area contributed by atoms with Gasteiger partial charge in [0.05, 0.1) is 28.5 Å². The lowest BCUT2D eigenvalue weighted by Gasteiger charge is -2.12. The maximum absolute atomic E-state index is 12.6. The van der Waals surface area contributed by atoms with Crippen LogP contribution in [0.4, 0.5) is 17.1 Å². The highest BCUT2D eigenvalue weighted by atomic mass is 35.5. The van der Waals surface area contributed by atoms with Crippen LogP contribution in [0.1, 0.15) is 34.6 Å². The Morgan fingerprint density at radius 3 is 2.36 bits per heavy atom. The van der Waals surface area contributed by atoms with E-state index in [-0.39, 0.29) is 29.3 Å².